The second-order valence-electron chi connectivity index (χ2n) is 6.78. The topological polar surface area (TPSA) is 35.5 Å². The van der Waals surface area contributed by atoms with Gasteiger partial charge in [0.1, 0.15) is 0 Å². The molecule has 0 saturated carbocycles. The van der Waals surface area contributed by atoms with E-state index >= 15 is 0 Å². The first-order valence-electron chi connectivity index (χ1n) is 8.26. The van der Waals surface area contributed by atoms with Crippen LogP contribution in [0.3, 0.4) is 0 Å². The maximum absolute atomic E-state index is 9.38. The lowest BCUT2D eigenvalue weighted by atomic mass is 9.97. The largest absolute Gasteiger partial charge is 0.396 e. The molecule has 1 aliphatic heterocycles. The van der Waals surface area contributed by atoms with Crippen LogP contribution in [0.15, 0.2) is 18.2 Å². The van der Waals surface area contributed by atoms with Gasteiger partial charge in [0.25, 0.3) is 0 Å². The predicted molar refractivity (Wildman–Crippen MR) is 89.7 cm³/mol. The number of nitrogens with one attached hydrogen (secondary N) is 1. The van der Waals surface area contributed by atoms with Gasteiger partial charge >= 0.3 is 0 Å². The SMILES string of the molecule is Cc1cc(CNCC(C)C)ccc1N1CCCC(CO)C1. The van der Waals surface area contributed by atoms with Crippen LogP contribution in [-0.2, 0) is 6.54 Å². The van der Waals surface area contributed by atoms with Crippen LogP contribution in [-0.4, -0.2) is 31.3 Å². The lowest BCUT2D eigenvalue weighted by Crippen LogP contribution is -2.37. The van der Waals surface area contributed by atoms with E-state index in [9.17, 15) is 5.11 Å². The molecule has 118 valence electrons. The third kappa shape index (κ3) is 4.72. The van der Waals surface area contributed by atoms with Crippen LogP contribution >= 0.6 is 0 Å². The van der Waals surface area contributed by atoms with Gasteiger partial charge in [0, 0.05) is 31.9 Å². The first-order chi connectivity index (χ1) is 10.1. The molecule has 0 amide bonds. The molecular formula is C18H30N2O. The highest BCUT2D eigenvalue weighted by Gasteiger charge is 2.20. The number of hydrogen-bond acceptors (Lipinski definition) is 3. The fraction of sp³-hybridized carbons (Fsp3) is 0.667. The summed E-state index contributed by atoms with van der Waals surface area (Å²) in [4.78, 5) is 2.44. The molecule has 3 nitrogen and oxygen atoms in total. The Balaban J connectivity index is 1.98. The van der Waals surface area contributed by atoms with Gasteiger partial charge in [-0.15, -0.1) is 0 Å². The van der Waals surface area contributed by atoms with Crippen LogP contribution in [0.2, 0.25) is 0 Å². The van der Waals surface area contributed by atoms with Gasteiger partial charge in [-0.2, -0.15) is 0 Å². The number of piperidine rings is 1. The lowest BCUT2D eigenvalue weighted by Gasteiger charge is -2.34. The number of aliphatic hydroxyl groups is 1. The summed E-state index contributed by atoms with van der Waals surface area (Å²) in [6.45, 7) is 11.1. The highest BCUT2D eigenvalue weighted by molar-refractivity contribution is 5.54. The van der Waals surface area contributed by atoms with Gasteiger partial charge < -0.3 is 15.3 Å². The maximum Gasteiger partial charge on any atom is 0.0476 e. The molecule has 0 bridgehead atoms. The first kappa shape index (κ1) is 16.3. The third-order valence-corrected chi connectivity index (χ3v) is 4.26. The predicted octanol–water partition coefficient (Wildman–Crippen LogP) is 2.95. The van der Waals surface area contributed by atoms with Crippen molar-refractivity contribution in [1.29, 1.82) is 0 Å². The van der Waals surface area contributed by atoms with E-state index in [-0.39, 0.29) is 0 Å². The van der Waals surface area contributed by atoms with Crippen molar-refractivity contribution in [1.82, 2.24) is 5.32 Å². The van der Waals surface area contributed by atoms with Gasteiger partial charge in [-0.1, -0.05) is 26.0 Å². The smallest absolute Gasteiger partial charge is 0.0476 e. The van der Waals surface area contributed by atoms with Crippen LogP contribution in [0.25, 0.3) is 0 Å². The van der Waals surface area contributed by atoms with E-state index in [0.29, 0.717) is 18.4 Å². The second kappa shape index (κ2) is 7.81. The number of anilines is 1. The standard InChI is InChI=1S/C18H30N2O/c1-14(2)10-19-11-16-6-7-18(15(3)9-16)20-8-4-5-17(12-20)13-21/h6-7,9,14,17,19,21H,4-5,8,10-13H2,1-3H3. The van der Waals surface area contributed by atoms with Crippen molar-refractivity contribution < 1.29 is 5.11 Å². The van der Waals surface area contributed by atoms with Crippen molar-refractivity contribution in [3.63, 3.8) is 0 Å². The number of rotatable bonds is 6. The fourth-order valence-electron chi connectivity index (χ4n) is 3.12. The Bertz CT molecular complexity index is 445. The van der Waals surface area contributed by atoms with Crippen LogP contribution in [0.5, 0.6) is 0 Å². The molecule has 1 saturated heterocycles. The number of hydrogen-bond donors (Lipinski definition) is 2. The number of benzene rings is 1. The normalized spacial score (nSPS) is 19.3. The van der Waals surface area contributed by atoms with E-state index in [1.807, 2.05) is 0 Å². The minimum atomic E-state index is 0.312. The van der Waals surface area contributed by atoms with Gasteiger partial charge in [0.15, 0.2) is 0 Å². The van der Waals surface area contributed by atoms with Gasteiger partial charge in [-0.25, -0.2) is 0 Å². The Hall–Kier alpha value is -1.06. The van der Waals surface area contributed by atoms with Crippen LogP contribution in [0.1, 0.15) is 37.8 Å². The zero-order valence-electron chi connectivity index (χ0n) is 13.7. The summed E-state index contributed by atoms with van der Waals surface area (Å²) in [5.74, 6) is 1.12. The van der Waals surface area contributed by atoms with Crippen LogP contribution in [0, 0.1) is 18.8 Å². The summed E-state index contributed by atoms with van der Waals surface area (Å²) in [5, 5.41) is 12.9. The molecule has 0 aromatic heterocycles. The molecule has 2 rings (SSSR count). The molecule has 3 heteroatoms. The molecular weight excluding hydrogens is 260 g/mol. The molecule has 1 atom stereocenters. The van der Waals surface area contributed by atoms with Crippen molar-refractivity contribution in [3.8, 4) is 0 Å². The zero-order chi connectivity index (χ0) is 15.2. The molecule has 21 heavy (non-hydrogen) atoms. The van der Waals surface area contributed by atoms with E-state index in [1.165, 1.54) is 23.2 Å². The summed E-state index contributed by atoms with van der Waals surface area (Å²) in [7, 11) is 0. The number of aryl methyl sites for hydroxylation is 1. The fourth-order valence-corrected chi connectivity index (χ4v) is 3.12. The average molecular weight is 290 g/mol. The van der Waals surface area contributed by atoms with Gasteiger partial charge in [0.2, 0.25) is 0 Å². The highest BCUT2D eigenvalue weighted by Crippen LogP contribution is 2.26. The van der Waals surface area contributed by atoms with Crippen molar-refractivity contribution in [2.24, 2.45) is 11.8 Å². The molecule has 1 aromatic carbocycles. The molecule has 1 unspecified atom stereocenters. The molecule has 1 aromatic rings. The average Bonchev–Trinajstić information content (AvgIpc) is 2.47. The van der Waals surface area contributed by atoms with Crippen molar-refractivity contribution in [3.05, 3.63) is 29.3 Å². The molecule has 0 spiro atoms. The highest BCUT2D eigenvalue weighted by atomic mass is 16.3. The van der Waals surface area contributed by atoms with Gasteiger partial charge in [0.05, 0.1) is 0 Å². The van der Waals surface area contributed by atoms with E-state index < -0.39 is 0 Å². The summed E-state index contributed by atoms with van der Waals surface area (Å²) >= 11 is 0. The summed E-state index contributed by atoms with van der Waals surface area (Å²) in [5.41, 5.74) is 4.03. The van der Waals surface area contributed by atoms with E-state index in [0.717, 1.165) is 32.6 Å². The van der Waals surface area contributed by atoms with Crippen molar-refractivity contribution in [2.45, 2.75) is 40.2 Å². The minimum absolute atomic E-state index is 0.312. The quantitative estimate of drug-likeness (QED) is 0.845. The molecule has 1 fully saturated rings. The van der Waals surface area contributed by atoms with Gasteiger partial charge in [-0.05, 0) is 55.3 Å². The Labute approximate surface area is 129 Å². The first-order valence-corrected chi connectivity index (χ1v) is 8.26. The zero-order valence-corrected chi connectivity index (χ0v) is 13.7. The monoisotopic (exact) mass is 290 g/mol. The lowest BCUT2D eigenvalue weighted by molar-refractivity contribution is 0.208. The van der Waals surface area contributed by atoms with Crippen molar-refractivity contribution >= 4 is 5.69 Å². The molecule has 2 N–H and O–H groups in total. The minimum Gasteiger partial charge on any atom is -0.396 e. The Morgan fingerprint density at radius 1 is 1.38 bits per heavy atom. The van der Waals surface area contributed by atoms with E-state index in [2.05, 4.69) is 49.2 Å². The molecule has 1 heterocycles. The van der Waals surface area contributed by atoms with Crippen LogP contribution in [0.4, 0.5) is 5.69 Å². The van der Waals surface area contributed by atoms with E-state index in [1.54, 1.807) is 0 Å². The molecule has 0 radical (unpaired) electrons. The molecule has 0 aliphatic carbocycles. The second-order valence-corrected chi connectivity index (χ2v) is 6.78. The third-order valence-electron chi connectivity index (χ3n) is 4.26. The number of aliphatic hydroxyl groups excluding tert-OH is 1. The van der Waals surface area contributed by atoms with Gasteiger partial charge in [-0.3, -0.25) is 0 Å². The van der Waals surface area contributed by atoms with E-state index in [4.69, 9.17) is 0 Å². The maximum atomic E-state index is 9.38. The number of nitrogens with zero attached hydrogens (tertiary/aromatic N) is 1. The Morgan fingerprint density at radius 3 is 2.86 bits per heavy atom. The summed E-state index contributed by atoms with van der Waals surface area (Å²) in [6.07, 6.45) is 2.34. The Kier molecular flexibility index (Phi) is 6.07. The Morgan fingerprint density at radius 2 is 2.19 bits per heavy atom. The summed E-state index contributed by atoms with van der Waals surface area (Å²) < 4.78 is 0. The molecule has 1 aliphatic rings. The van der Waals surface area contributed by atoms with Crippen LogP contribution < -0.4 is 10.2 Å². The van der Waals surface area contributed by atoms with Crippen molar-refractivity contribution in [2.75, 3.05) is 31.1 Å². The summed E-state index contributed by atoms with van der Waals surface area (Å²) in [6, 6.07) is 6.78.